The van der Waals surface area contributed by atoms with Crippen LogP contribution in [0, 0.1) is 0 Å². The fourth-order valence-corrected chi connectivity index (χ4v) is 2.18. The summed E-state index contributed by atoms with van der Waals surface area (Å²) in [4.78, 5) is 35.1. The molecule has 0 radical (unpaired) electrons. The van der Waals surface area contributed by atoms with Gasteiger partial charge in [-0.15, -0.1) is 0 Å². The molecule has 0 aromatic heterocycles. The van der Waals surface area contributed by atoms with E-state index in [0.29, 0.717) is 6.54 Å². The van der Waals surface area contributed by atoms with Crippen molar-refractivity contribution in [3.05, 3.63) is 0 Å². The fourth-order valence-electron chi connectivity index (χ4n) is 2.18. The monoisotopic (exact) mass is 287 g/mol. The van der Waals surface area contributed by atoms with Crippen molar-refractivity contribution >= 4 is 18.0 Å². The third-order valence-corrected chi connectivity index (χ3v) is 3.42. The van der Waals surface area contributed by atoms with Crippen LogP contribution >= 0.6 is 0 Å². The molecule has 8 nitrogen and oxygen atoms in total. The Balaban J connectivity index is 2.33. The van der Waals surface area contributed by atoms with Crippen LogP contribution in [0.25, 0.3) is 0 Å². The van der Waals surface area contributed by atoms with E-state index in [0.717, 1.165) is 19.4 Å². The Morgan fingerprint density at radius 1 is 1.35 bits per heavy atom. The average Bonchev–Trinajstić information content (AvgIpc) is 2.77. The lowest BCUT2D eigenvalue weighted by molar-refractivity contribution is -0.140. The van der Waals surface area contributed by atoms with E-state index in [-0.39, 0.29) is 18.9 Å². The van der Waals surface area contributed by atoms with E-state index in [4.69, 9.17) is 10.2 Å². The molecular formula is C12H21N3O5. The smallest absolute Gasteiger partial charge is 0.326 e. The first-order valence-electron chi connectivity index (χ1n) is 6.59. The number of hydrogen-bond donors (Lipinski definition) is 4. The molecule has 0 aliphatic carbocycles. The molecule has 1 heterocycles. The molecule has 2 amide bonds. The number of carboxylic acids is 2. The van der Waals surface area contributed by atoms with Gasteiger partial charge in [0.05, 0.1) is 0 Å². The van der Waals surface area contributed by atoms with Crippen LogP contribution in [-0.4, -0.2) is 65.3 Å². The molecule has 4 N–H and O–H groups in total. The molecule has 2 unspecified atom stereocenters. The molecule has 1 aliphatic rings. The number of hydrogen-bond acceptors (Lipinski definition) is 4. The first-order valence-corrected chi connectivity index (χ1v) is 6.59. The molecule has 2 atom stereocenters. The Bertz CT molecular complexity index is 374. The van der Waals surface area contributed by atoms with Gasteiger partial charge in [-0.3, -0.25) is 4.79 Å². The molecule has 1 fully saturated rings. The molecule has 8 heteroatoms. The van der Waals surface area contributed by atoms with Crippen molar-refractivity contribution < 1.29 is 24.6 Å². The van der Waals surface area contributed by atoms with Gasteiger partial charge in [0.25, 0.3) is 0 Å². The number of carbonyl (C=O) groups is 3. The number of carbonyl (C=O) groups excluding carboxylic acids is 1. The van der Waals surface area contributed by atoms with Crippen LogP contribution in [-0.2, 0) is 9.59 Å². The van der Waals surface area contributed by atoms with Gasteiger partial charge in [0.15, 0.2) is 0 Å². The molecule has 0 aromatic rings. The Labute approximate surface area is 117 Å². The Kier molecular flexibility index (Phi) is 6.23. The van der Waals surface area contributed by atoms with Gasteiger partial charge in [0, 0.05) is 19.0 Å². The third-order valence-electron chi connectivity index (χ3n) is 3.42. The third kappa shape index (κ3) is 5.43. The van der Waals surface area contributed by atoms with Crippen molar-refractivity contribution in [3.8, 4) is 0 Å². The highest BCUT2D eigenvalue weighted by Crippen LogP contribution is 2.13. The van der Waals surface area contributed by atoms with Gasteiger partial charge < -0.3 is 25.7 Å². The zero-order valence-electron chi connectivity index (χ0n) is 11.5. The average molecular weight is 287 g/mol. The highest BCUT2D eigenvalue weighted by Gasteiger charge is 2.23. The van der Waals surface area contributed by atoms with E-state index < -0.39 is 24.0 Å². The normalized spacial score (nSPS) is 20.4. The Morgan fingerprint density at radius 2 is 2.05 bits per heavy atom. The molecule has 0 saturated carbocycles. The molecule has 1 aliphatic heterocycles. The minimum absolute atomic E-state index is 0.137. The lowest BCUT2D eigenvalue weighted by atomic mass is 10.1. The minimum Gasteiger partial charge on any atom is -0.481 e. The Morgan fingerprint density at radius 3 is 2.55 bits per heavy atom. The summed E-state index contributed by atoms with van der Waals surface area (Å²) in [6.07, 6.45) is 1.64. The van der Waals surface area contributed by atoms with Gasteiger partial charge in [-0.05, 0) is 32.9 Å². The highest BCUT2D eigenvalue weighted by atomic mass is 16.4. The van der Waals surface area contributed by atoms with Crippen LogP contribution in [0.5, 0.6) is 0 Å². The number of aliphatic carboxylic acids is 2. The van der Waals surface area contributed by atoms with Crippen molar-refractivity contribution in [3.63, 3.8) is 0 Å². The standard InChI is InChI=1S/C12H21N3O5/c1-15-6-2-3-8(15)7-13-12(20)14-9(11(18)19)4-5-10(16)17/h8-9H,2-7H2,1H3,(H,16,17)(H,18,19)(H2,13,14,20). The van der Waals surface area contributed by atoms with Gasteiger partial charge in [-0.25, -0.2) is 9.59 Å². The number of nitrogens with zero attached hydrogens (tertiary/aromatic N) is 1. The van der Waals surface area contributed by atoms with Gasteiger partial charge in [-0.1, -0.05) is 0 Å². The van der Waals surface area contributed by atoms with E-state index in [9.17, 15) is 14.4 Å². The summed E-state index contributed by atoms with van der Waals surface area (Å²) in [5.74, 6) is -2.33. The maximum atomic E-state index is 11.6. The van der Waals surface area contributed by atoms with Crippen molar-refractivity contribution in [2.45, 2.75) is 37.8 Å². The largest absolute Gasteiger partial charge is 0.481 e. The topological polar surface area (TPSA) is 119 Å². The Hall–Kier alpha value is -1.83. The summed E-state index contributed by atoms with van der Waals surface area (Å²) in [7, 11) is 1.98. The van der Waals surface area contributed by atoms with Crippen LogP contribution in [0.3, 0.4) is 0 Å². The first-order chi connectivity index (χ1) is 9.40. The molecule has 1 saturated heterocycles. The summed E-state index contributed by atoms with van der Waals surface area (Å²) < 4.78 is 0. The quantitative estimate of drug-likeness (QED) is 0.510. The maximum absolute atomic E-state index is 11.6. The molecule has 114 valence electrons. The number of carboxylic acid groups (broad SMARTS) is 2. The molecule has 0 spiro atoms. The summed E-state index contributed by atoms with van der Waals surface area (Å²) in [5.41, 5.74) is 0. The van der Waals surface area contributed by atoms with Crippen LogP contribution in [0.1, 0.15) is 25.7 Å². The predicted octanol–water partition coefficient (Wildman–Crippen LogP) is -0.302. The number of rotatable bonds is 7. The van der Waals surface area contributed by atoms with Gasteiger partial charge in [0.1, 0.15) is 6.04 Å². The molecule has 1 rings (SSSR count). The number of urea groups is 1. The summed E-state index contributed by atoms with van der Waals surface area (Å²) >= 11 is 0. The predicted molar refractivity (Wildman–Crippen MR) is 70.5 cm³/mol. The van der Waals surface area contributed by atoms with Crippen LogP contribution in [0.2, 0.25) is 0 Å². The van der Waals surface area contributed by atoms with E-state index in [1.54, 1.807) is 0 Å². The summed E-state index contributed by atoms with van der Waals surface area (Å²) in [6.45, 7) is 1.44. The van der Waals surface area contributed by atoms with Gasteiger partial charge >= 0.3 is 18.0 Å². The number of amides is 2. The van der Waals surface area contributed by atoms with Crippen molar-refractivity contribution in [2.24, 2.45) is 0 Å². The molecule has 20 heavy (non-hydrogen) atoms. The van der Waals surface area contributed by atoms with Crippen LogP contribution in [0.4, 0.5) is 4.79 Å². The molecule has 0 bridgehead atoms. The minimum atomic E-state index is -1.24. The fraction of sp³-hybridized carbons (Fsp3) is 0.750. The number of likely N-dealkylation sites (tertiary alicyclic amines) is 1. The van der Waals surface area contributed by atoms with Crippen LogP contribution in [0.15, 0.2) is 0 Å². The number of likely N-dealkylation sites (N-methyl/N-ethyl adjacent to an activating group) is 1. The van der Waals surface area contributed by atoms with E-state index in [2.05, 4.69) is 15.5 Å². The first kappa shape index (κ1) is 16.2. The zero-order valence-corrected chi connectivity index (χ0v) is 11.5. The summed E-state index contributed by atoms with van der Waals surface area (Å²) in [6, 6.07) is -1.50. The second kappa shape index (κ2) is 7.68. The zero-order chi connectivity index (χ0) is 15.1. The van der Waals surface area contributed by atoms with E-state index in [1.807, 2.05) is 7.05 Å². The van der Waals surface area contributed by atoms with Gasteiger partial charge in [0.2, 0.25) is 0 Å². The number of nitrogens with one attached hydrogen (secondary N) is 2. The lowest BCUT2D eigenvalue weighted by Gasteiger charge is -2.20. The molecule has 0 aromatic carbocycles. The lowest BCUT2D eigenvalue weighted by Crippen LogP contribution is -2.48. The summed E-state index contributed by atoms with van der Waals surface area (Å²) in [5, 5.41) is 22.3. The van der Waals surface area contributed by atoms with Gasteiger partial charge in [-0.2, -0.15) is 0 Å². The highest BCUT2D eigenvalue weighted by molar-refractivity contribution is 5.83. The van der Waals surface area contributed by atoms with Crippen molar-refractivity contribution in [1.82, 2.24) is 15.5 Å². The second-order valence-electron chi connectivity index (χ2n) is 4.95. The SMILES string of the molecule is CN1CCCC1CNC(=O)NC(CCC(=O)O)C(=O)O. The van der Waals surface area contributed by atoms with E-state index >= 15 is 0 Å². The van der Waals surface area contributed by atoms with Crippen molar-refractivity contribution in [1.29, 1.82) is 0 Å². The maximum Gasteiger partial charge on any atom is 0.326 e. The van der Waals surface area contributed by atoms with Crippen molar-refractivity contribution in [2.75, 3.05) is 20.1 Å². The van der Waals surface area contributed by atoms with E-state index in [1.165, 1.54) is 0 Å². The van der Waals surface area contributed by atoms with Crippen LogP contribution < -0.4 is 10.6 Å². The molecular weight excluding hydrogens is 266 g/mol. The second-order valence-corrected chi connectivity index (χ2v) is 4.95.